The van der Waals surface area contributed by atoms with E-state index in [0.717, 1.165) is 6.42 Å². The van der Waals surface area contributed by atoms with Gasteiger partial charge in [-0.3, -0.25) is 9.59 Å². The minimum Gasteiger partial charge on any atom is -0.481 e. The summed E-state index contributed by atoms with van der Waals surface area (Å²) in [5, 5.41) is 11.6. The molecule has 0 aromatic rings. The van der Waals surface area contributed by atoms with Crippen LogP contribution in [0.1, 0.15) is 33.1 Å². The van der Waals surface area contributed by atoms with Gasteiger partial charge in [-0.05, 0) is 18.8 Å². The Kier molecular flexibility index (Phi) is 4.12. The van der Waals surface area contributed by atoms with Crippen LogP contribution in [-0.4, -0.2) is 23.5 Å². The number of carbonyl (C=O) groups is 2. The van der Waals surface area contributed by atoms with E-state index in [2.05, 4.69) is 19.2 Å². The van der Waals surface area contributed by atoms with E-state index in [1.165, 1.54) is 0 Å². The van der Waals surface area contributed by atoms with E-state index in [0.29, 0.717) is 25.3 Å². The predicted molar refractivity (Wildman–Crippen MR) is 56.3 cm³/mol. The van der Waals surface area contributed by atoms with Crippen molar-refractivity contribution in [1.82, 2.24) is 5.32 Å². The van der Waals surface area contributed by atoms with Crippen molar-refractivity contribution >= 4 is 11.9 Å². The van der Waals surface area contributed by atoms with Crippen LogP contribution >= 0.6 is 0 Å². The molecule has 1 aliphatic rings. The largest absolute Gasteiger partial charge is 0.481 e. The van der Waals surface area contributed by atoms with Gasteiger partial charge in [-0.1, -0.05) is 20.3 Å². The second-order valence-corrected chi connectivity index (χ2v) is 4.39. The third kappa shape index (κ3) is 2.94. The lowest BCUT2D eigenvalue weighted by molar-refractivity contribution is -0.152. The van der Waals surface area contributed by atoms with Crippen LogP contribution in [0, 0.1) is 17.8 Å². The molecule has 0 heterocycles. The maximum absolute atomic E-state index is 11.6. The summed E-state index contributed by atoms with van der Waals surface area (Å²) in [6.45, 7) is 4.79. The molecule has 86 valence electrons. The van der Waals surface area contributed by atoms with E-state index >= 15 is 0 Å². The second kappa shape index (κ2) is 5.14. The molecule has 3 atom stereocenters. The Balaban J connectivity index is 2.32. The Morgan fingerprint density at radius 2 is 2.00 bits per heavy atom. The van der Waals surface area contributed by atoms with Gasteiger partial charge in [0.1, 0.15) is 0 Å². The van der Waals surface area contributed by atoms with E-state index in [4.69, 9.17) is 5.11 Å². The highest BCUT2D eigenvalue weighted by molar-refractivity contribution is 5.86. The van der Waals surface area contributed by atoms with Gasteiger partial charge in [0.05, 0.1) is 11.8 Å². The zero-order valence-electron chi connectivity index (χ0n) is 9.32. The summed E-state index contributed by atoms with van der Waals surface area (Å²) in [7, 11) is 0. The molecule has 0 aliphatic heterocycles. The summed E-state index contributed by atoms with van der Waals surface area (Å²) in [5.41, 5.74) is 0. The Hall–Kier alpha value is -1.06. The van der Waals surface area contributed by atoms with Crippen LogP contribution in [0.25, 0.3) is 0 Å². The van der Waals surface area contributed by atoms with Crippen LogP contribution in [0.4, 0.5) is 0 Å². The molecule has 4 nitrogen and oxygen atoms in total. The number of hydrogen-bond donors (Lipinski definition) is 2. The van der Waals surface area contributed by atoms with Crippen molar-refractivity contribution in [3.8, 4) is 0 Å². The fourth-order valence-electron chi connectivity index (χ4n) is 1.66. The van der Waals surface area contributed by atoms with Gasteiger partial charge in [-0.25, -0.2) is 0 Å². The molecule has 4 heteroatoms. The number of amides is 1. The van der Waals surface area contributed by atoms with Gasteiger partial charge < -0.3 is 10.4 Å². The average molecular weight is 213 g/mol. The zero-order chi connectivity index (χ0) is 11.4. The lowest BCUT2D eigenvalue weighted by Gasteiger charge is -2.32. The van der Waals surface area contributed by atoms with E-state index < -0.39 is 11.9 Å². The standard InChI is InChI=1S/C11H19NO3/c1-3-7(2)6-12-10(13)8-4-5-9(8)11(14)15/h7-9H,3-6H2,1-2H3,(H,12,13)(H,14,15). The van der Waals surface area contributed by atoms with Crippen LogP contribution < -0.4 is 5.32 Å². The lowest BCUT2D eigenvalue weighted by Crippen LogP contribution is -2.44. The Morgan fingerprint density at radius 1 is 1.40 bits per heavy atom. The number of carboxylic acid groups (broad SMARTS) is 1. The van der Waals surface area contributed by atoms with Crippen LogP contribution in [0.15, 0.2) is 0 Å². The average Bonchev–Trinajstić information content (AvgIpc) is 2.11. The molecule has 1 rings (SSSR count). The number of rotatable bonds is 5. The van der Waals surface area contributed by atoms with Crippen LogP contribution in [0.5, 0.6) is 0 Å². The number of carbonyl (C=O) groups excluding carboxylic acids is 1. The van der Waals surface area contributed by atoms with Crippen LogP contribution in [0.2, 0.25) is 0 Å². The summed E-state index contributed by atoms with van der Waals surface area (Å²) in [5.74, 6) is -1.23. The second-order valence-electron chi connectivity index (χ2n) is 4.39. The molecule has 0 aromatic heterocycles. The molecule has 0 bridgehead atoms. The Morgan fingerprint density at radius 3 is 2.40 bits per heavy atom. The van der Waals surface area contributed by atoms with Crippen LogP contribution in [0.3, 0.4) is 0 Å². The smallest absolute Gasteiger partial charge is 0.307 e. The summed E-state index contributed by atoms with van der Waals surface area (Å²) in [6.07, 6.45) is 2.37. The molecule has 1 saturated carbocycles. The van der Waals surface area contributed by atoms with Crippen molar-refractivity contribution in [2.45, 2.75) is 33.1 Å². The highest BCUT2D eigenvalue weighted by Gasteiger charge is 2.41. The third-order valence-corrected chi connectivity index (χ3v) is 3.25. The maximum atomic E-state index is 11.6. The number of hydrogen-bond acceptors (Lipinski definition) is 2. The first kappa shape index (κ1) is 12.0. The number of nitrogens with one attached hydrogen (secondary N) is 1. The molecule has 0 aromatic carbocycles. The summed E-state index contributed by atoms with van der Waals surface area (Å²) in [6, 6.07) is 0. The van der Waals surface area contributed by atoms with Crippen molar-refractivity contribution in [1.29, 1.82) is 0 Å². The van der Waals surface area contributed by atoms with E-state index in [9.17, 15) is 9.59 Å². The van der Waals surface area contributed by atoms with Gasteiger partial charge >= 0.3 is 5.97 Å². The molecular formula is C11H19NO3. The molecule has 0 saturated heterocycles. The quantitative estimate of drug-likeness (QED) is 0.722. The molecule has 0 radical (unpaired) electrons. The van der Waals surface area contributed by atoms with Gasteiger partial charge in [-0.15, -0.1) is 0 Å². The molecular weight excluding hydrogens is 194 g/mol. The van der Waals surface area contributed by atoms with Crippen molar-refractivity contribution in [2.24, 2.45) is 17.8 Å². The van der Waals surface area contributed by atoms with Crippen molar-refractivity contribution < 1.29 is 14.7 Å². The summed E-state index contributed by atoms with van der Waals surface area (Å²) < 4.78 is 0. The van der Waals surface area contributed by atoms with Crippen molar-refractivity contribution in [3.63, 3.8) is 0 Å². The highest BCUT2D eigenvalue weighted by Crippen LogP contribution is 2.34. The topological polar surface area (TPSA) is 66.4 Å². The van der Waals surface area contributed by atoms with Gasteiger partial charge in [0, 0.05) is 6.54 Å². The van der Waals surface area contributed by atoms with Crippen LogP contribution in [-0.2, 0) is 9.59 Å². The van der Waals surface area contributed by atoms with E-state index in [-0.39, 0.29) is 11.8 Å². The summed E-state index contributed by atoms with van der Waals surface area (Å²) in [4.78, 5) is 22.3. The van der Waals surface area contributed by atoms with Gasteiger partial charge in [0.25, 0.3) is 0 Å². The molecule has 1 fully saturated rings. The highest BCUT2D eigenvalue weighted by atomic mass is 16.4. The maximum Gasteiger partial charge on any atom is 0.307 e. The summed E-state index contributed by atoms with van der Waals surface area (Å²) >= 11 is 0. The molecule has 15 heavy (non-hydrogen) atoms. The van der Waals surface area contributed by atoms with Gasteiger partial charge in [-0.2, -0.15) is 0 Å². The third-order valence-electron chi connectivity index (χ3n) is 3.25. The minimum absolute atomic E-state index is 0.0889. The molecule has 1 aliphatic carbocycles. The first-order valence-corrected chi connectivity index (χ1v) is 5.56. The SMILES string of the molecule is CCC(C)CNC(=O)C1CCC1C(=O)O. The monoisotopic (exact) mass is 213 g/mol. The molecule has 0 spiro atoms. The molecule has 3 unspecified atom stereocenters. The van der Waals surface area contributed by atoms with E-state index in [1.807, 2.05) is 0 Å². The lowest BCUT2D eigenvalue weighted by atomic mass is 9.73. The Bertz CT molecular complexity index is 252. The number of aliphatic carboxylic acids is 1. The first-order chi connectivity index (χ1) is 7.06. The minimum atomic E-state index is -0.843. The molecule has 2 N–H and O–H groups in total. The van der Waals surface area contributed by atoms with Crippen molar-refractivity contribution in [2.75, 3.05) is 6.54 Å². The fraction of sp³-hybridized carbons (Fsp3) is 0.818. The van der Waals surface area contributed by atoms with Gasteiger partial charge in [0.15, 0.2) is 0 Å². The fourth-order valence-corrected chi connectivity index (χ4v) is 1.66. The van der Waals surface area contributed by atoms with Crippen molar-refractivity contribution in [3.05, 3.63) is 0 Å². The molecule has 1 amide bonds. The van der Waals surface area contributed by atoms with Gasteiger partial charge in [0.2, 0.25) is 5.91 Å². The Labute approximate surface area is 90.0 Å². The number of carboxylic acids is 1. The van der Waals surface area contributed by atoms with E-state index in [1.54, 1.807) is 0 Å². The first-order valence-electron chi connectivity index (χ1n) is 5.56. The normalized spacial score (nSPS) is 26.5. The predicted octanol–water partition coefficient (Wildman–Crippen LogP) is 1.26. The zero-order valence-corrected chi connectivity index (χ0v) is 9.32.